The van der Waals surface area contributed by atoms with Crippen molar-refractivity contribution in [3.8, 4) is 0 Å². The number of rotatable bonds is 5. The first kappa shape index (κ1) is 15.9. The minimum Gasteiger partial charge on any atom is -0.374 e. The first-order chi connectivity index (χ1) is 10.7. The Kier molecular flexibility index (Phi) is 5.44. The number of nitrogens with zero attached hydrogens (tertiary/aromatic N) is 3. The topological polar surface area (TPSA) is 45.7 Å². The molecule has 122 valence electrons. The predicted octanol–water partition coefficient (Wildman–Crippen LogP) is 2.39. The molecule has 1 saturated carbocycles. The third-order valence-electron chi connectivity index (χ3n) is 4.62. The average Bonchev–Trinajstić information content (AvgIpc) is 3.18. The second kappa shape index (κ2) is 7.53. The standard InChI is InChI=1S/C16H25N3O2S/c1-18-7-8-21-14(11-18)12-19(16-17-6-9-22-16)15(20)10-13-4-2-3-5-13/h6,9,13-14H,2-5,7-8,10-12H2,1H3. The summed E-state index contributed by atoms with van der Waals surface area (Å²) in [7, 11) is 2.10. The molecule has 1 aliphatic heterocycles. The van der Waals surface area contributed by atoms with E-state index in [2.05, 4.69) is 16.9 Å². The number of hydrogen-bond donors (Lipinski definition) is 0. The molecule has 2 aliphatic rings. The first-order valence-corrected chi connectivity index (χ1v) is 9.10. The Morgan fingerprint density at radius 2 is 2.32 bits per heavy atom. The summed E-state index contributed by atoms with van der Waals surface area (Å²) in [5.41, 5.74) is 0. The number of ether oxygens (including phenoxy) is 1. The van der Waals surface area contributed by atoms with Crippen molar-refractivity contribution in [2.24, 2.45) is 5.92 Å². The highest BCUT2D eigenvalue weighted by Gasteiger charge is 2.28. The van der Waals surface area contributed by atoms with Crippen molar-refractivity contribution in [1.82, 2.24) is 9.88 Å². The number of carbonyl (C=O) groups excluding carboxylic acids is 1. The van der Waals surface area contributed by atoms with Crippen LogP contribution in [0.3, 0.4) is 0 Å². The van der Waals surface area contributed by atoms with Gasteiger partial charge < -0.3 is 9.64 Å². The lowest BCUT2D eigenvalue weighted by molar-refractivity contribution is -0.120. The summed E-state index contributed by atoms with van der Waals surface area (Å²) in [5.74, 6) is 0.767. The molecule has 1 amide bonds. The van der Waals surface area contributed by atoms with Gasteiger partial charge in [0.1, 0.15) is 0 Å². The van der Waals surface area contributed by atoms with E-state index >= 15 is 0 Å². The van der Waals surface area contributed by atoms with Crippen LogP contribution in [-0.4, -0.2) is 55.2 Å². The van der Waals surface area contributed by atoms with Gasteiger partial charge in [-0.3, -0.25) is 9.69 Å². The van der Waals surface area contributed by atoms with Crippen LogP contribution in [0.2, 0.25) is 0 Å². The van der Waals surface area contributed by atoms with E-state index in [0.29, 0.717) is 18.9 Å². The number of amides is 1. The number of likely N-dealkylation sites (N-methyl/N-ethyl adjacent to an activating group) is 1. The van der Waals surface area contributed by atoms with Crippen LogP contribution in [0.5, 0.6) is 0 Å². The molecule has 0 spiro atoms. The molecule has 2 heterocycles. The summed E-state index contributed by atoms with van der Waals surface area (Å²) in [6.45, 7) is 3.19. The summed E-state index contributed by atoms with van der Waals surface area (Å²) in [4.78, 5) is 21.2. The number of thiazole rings is 1. The van der Waals surface area contributed by atoms with E-state index in [0.717, 1.165) is 24.8 Å². The number of carbonyl (C=O) groups is 1. The predicted molar refractivity (Wildman–Crippen MR) is 88.3 cm³/mol. The SMILES string of the molecule is CN1CCOC(CN(C(=O)CC2CCCC2)c2nccs2)C1. The van der Waals surface area contributed by atoms with Gasteiger partial charge in [-0.1, -0.05) is 12.8 Å². The summed E-state index contributed by atoms with van der Waals surface area (Å²) >= 11 is 1.53. The number of morpholine rings is 1. The van der Waals surface area contributed by atoms with E-state index in [1.54, 1.807) is 6.20 Å². The van der Waals surface area contributed by atoms with Gasteiger partial charge in [-0.05, 0) is 25.8 Å². The normalized spacial score (nSPS) is 23.8. The van der Waals surface area contributed by atoms with E-state index < -0.39 is 0 Å². The van der Waals surface area contributed by atoms with Gasteiger partial charge in [0.25, 0.3) is 0 Å². The fourth-order valence-corrected chi connectivity index (χ4v) is 4.06. The van der Waals surface area contributed by atoms with Crippen molar-refractivity contribution in [3.05, 3.63) is 11.6 Å². The molecule has 1 unspecified atom stereocenters. The lowest BCUT2D eigenvalue weighted by Gasteiger charge is -2.33. The number of aromatic nitrogens is 1. The van der Waals surface area contributed by atoms with E-state index in [9.17, 15) is 4.79 Å². The Labute approximate surface area is 136 Å². The molecule has 0 radical (unpaired) electrons. The number of anilines is 1. The third kappa shape index (κ3) is 4.06. The van der Waals surface area contributed by atoms with Crippen molar-refractivity contribution in [3.63, 3.8) is 0 Å². The molecule has 1 atom stereocenters. The molecular weight excluding hydrogens is 298 g/mol. The second-order valence-corrected chi connectivity index (χ2v) is 7.30. The molecule has 1 saturated heterocycles. The fraction of sp³-hybridized carbons (Fsp3) is 0.750. The zero-order chi connectivity index (χ0) is 15.4. The quantitative estimate of drug-likeness (QED) is 0.835. The maximum absolute atomic E-state index is 12.8. The van der Waals surface area contributed by atoms with Crippen LogP contribution in [0.15, 0.2) is 11.6 Å². The van der Waals surface area contributed by atoms with Crippen LogP contribution >= 0.6 is 11.3 Å². The van der Waals surface area contributed by atoms with E-state index in [1.807, 2.05) is 10.3 Å². The number of hydrogen-bond acceptors (Lipinski definition) is 5. The summed E-state index contributed by atoms with van der Waals surface area (Å²) in [6, 6.07) is 0. The third-order valence-corrected chi connectivity index (χ3v) is 5.41. The molecule has 5 nitrogen and oxygen atoms in total. The van der Waals surface area contributed by atoms with E-state index in [1.165, 1.54) is 37.0 Å². The highest BCUT2D eigenvalue weighted by molar-refractivity contribution is 7.13. The van der Waals surface area contributed by atoms with Crippen molar-refractivity contribution in [2.45, 2.75) is 38.2 Å². The minimum absolute atomic E-state index is 0.0789. The maximum atomic E-state index is 12.8. The Bertz CT molecular complexity index is 474. The maximum Gasteiger partial charge on any atom is 0.229 e. The smallest absolute Gasteiger partial charge is 0.229 e. The average molecular weight is 323 g/mol. The Hall–Kier alpha value is -0.980. The second-order valence-electron chi connectivity index (χ2n) is 6.43. The molecule has 1 aromatic rings. The summed E-state index contributed by atoms with van der Waals surface area (Å²) < 4.78 is 5.84. The monoisotopic (exact) mass is 323 g/mol. The van der Waals surface area contributed by atoms with Crippen molar-refractivity contribution < 1.29 is 9.53 Å². The summed E-state index contributed by atoms with van der Waals surface area (Å²) in [6.07, 6.45) is 7.43. The molecule has 2 fully saturated rings. The molecule has 1 aromatic heterocycles. The van der Waals surface area contributed by atoms with Gasteiger partial charge in [0, 0.05) is 31.1 Å². The van der Waals surface area contributed by atoms with Gasteiger partial charge in [0.05, 0.1) is 19.3 Å². The Morgan fingerprint density at radius 1 is 1.50 bits per heavy atom. The molecule has 22 heavy (non-hydrogen) atoms. The van der Waals surface area contributed by atoms with Gasteiger partial charge in [-0.2, -0.15) is 0 Å². The molecule has 0 bridgehead atoms. The largest absolute Gasteiger partial charge is 0.374 e. The van der Waals surface area contributed by atoms with E-state index in [-0.39, 0.29) is 12.0 Å². The van der Waals surface area contributed by atoms with Crippen molar-refractivity contribution in [2.75, 3.05) is 38.2 Å². The zero-order valence-electron chi connectivity index (χ0n) is 13.2. The van der Waals surface area contributed by atoms with Crippen LogP contribution in [-0.2, 0) is 9.53 Å². The van der Waals surface area contributed by atoms with Crippen LogP contribution < -0.4 is 4.90 Å². The molecule has 1 aliphatic carbocycles. The van der Waals surface area contributed by atoms with Crippen molar-refractivity contribution in [1.29, 1.82) is 0 Å². The molecule has 6 heteroatoms. The zero-order valence-corrected chi connectivity index (χ0v) is 14.1. The van der Waals surface area contributed by atoms with Crippen LogP contribution in [0, 0.1) is 5.92 Å². The molecule has 0 N–H and O–H groups in total. The van der Waals surface area contributed by atoms with Crippen LogP contribution in [0.4, 0.5) is 5.13 Å². The van der Waals surface area contributed by atoms with Gasteiger partial charge in [-0.25, -0.2) is 4.98 Å². The fourth-order valence-electron chi connectivity index (χ4n) is 3.39. The first-order valence-electron chi connectivity index (χ1n) is 8.22. The van der Waals surface area contributed by atoms with Crippen LogP contribution in [0.25, 0.3) is 0 Å². The van der Waals surface area contributed by atoms with Crippen LogP contribution in [0.1, 0.15) is 32.1 Å². The lowest BCUT2D eigenvalue weighted by Crippen LogP contribution is -2.47. The van der Waals surface area contributed by atoms with E-state index in [4.69, 9.17) is 4.74 Å². The minimum atomic E-state index is 0.0789. The summed E-state index contributed by atoms with van der Waals surface area (Å²) in [5, 5.41) is 2.73. The lowest BCUT2D eigenvalue weighted by atomic mass is 10.0. The van der Waals surface area contributed by atoms with Gasteiger partial charge in [-0.15, -0.1) is 11.3 Å². The van der Waals surface area contributed by atoms with Gasteiger partial charge in [0.2, 0.25) is 5.91 Å². The van der Waals surface area contributed by atoms with Crippen molar-refractivity contribution >= 4 is 22.4 Å². The molecule has 0 aromatic carbocycles. The Morgan fingerprint density at radius 3 is 3.00 bits per heavy atom. The highest BCUT2D eigenvalue weighted by atomic mass is 32.1. The van der Waals surface area contributed by atoms with Gasteiger partial charge >= 0.3 is 0 Å². The highest BCUT2D eigenvalue weighted by Crippen LogP contribution is 2.29. The molecular formula is C16H25N3O2S. The Balaban J connectivity index is 1.65. The van der Waals surface area contributed by atoms with Gasteiger partial charge in [0.15, 0.2) is 5.13 Å². The molecule has 3 rings (SSSR count).